The molecule has 1 saturated carbocycles. The molecule has 1 aromatic carbocycles. The number of aromatic carboxylic acids is 1. The van der Waals surface area contributed by atoms with Gasteiger partial charge >= 0.3 is 5.97 Å². The van der Waals surface area contributed by atoms with Gasteiger partial charge < -0.3 is 14.9 Å². The molecule has 1 heterocycles. The number of benzene rings is 1. The van der Waals surface area contributed by atoms with Crippen LogP contribution in [0.2, 0.25) is 5.02 Å². The quantitative estimate of drug-likeness (QED) is 0.654. The second-order valence-electron chi connectivity index (χ2n) is 6.73. The van der Waals surface area contributed by atoms with E-state index in [2.05, 4.69) is 6.92 Å². The summed E-state index contributed by atoms with van der Waals surface area (Å²) in [6.07, 6.45) is 4.25. The van der Waals surface area contributed by atoms with Gasteiger partial charge in [-0.15, -0.1) is 11.3 Å². The molecule has 1 aliphatic rings. The van der Waals surface area contributed by atoms with Gasteiger partial charge in [-0.25, -0.2) is 4.79 Å². The molecule has 3 rings (SSSR count). The van der Waals surface area contributed by atoms with Crippen molar-refractivity contribution in [3.8, 4) is 5.75 Å². The molecule has 2 N–H and O–H groups in total. The van der Waals surface area contributed by atoms with Crippen LogP contribution in [0, 0.1) is 5.92 Å². The summed E-state index contributed by atoms with van der Waals surface area (Å²) in [4.78, 5) is 23.1. The summed E-state index contributed by atoms with van der Waals surface area (Å²) < 4.78 is 5.61. The van der Waals surface area contributed by atoms with Gasteiger partial charge in [0.15, 0.2) is 0 Å². The normalized spacial score (nSPS) is 15.8. The number of thiophene rings is 1. The number of aliphatic hydroxyl groups is 1. The van der Waals surface area contributed by atoms with Gasteiger partial charge in [-0.1, -0.05) is 24.9 Å². The van der Waals surface area contributed by atoms with Crippen LogP contribution in [0.5, 0.6) is 5.75 Å². The van der Waals surface area contributed by atoms with Crippen LogP contribution in [0.4, 0.5) is 0 Å². The summed E-state index contributed by atoms with van der Waals surface area (Å²) in [6, 6.07) is 8.74. The predicted molar refractivity (Wildman–Crippen MR) is 110 cm³/mol. The van der Waals surface area contributed by atoms with Crippen molar-refractivity contribution in [3.05, 3.63) is 50.7 Å². The van der Waals surface area contributed by atoms with Gasteiger partial charge in [-0.05, 0) is 48.7 Å². The van der Waals surface area contributed by atoms with E-state index in [-0.39, 0.29) is 6.61 Å². The Bertz CT molecular complexity index is 802. The number of carbonyl (C=O) groups is 2. The average molecular weight is 425 g/mol. The summed E-state index contributed by atoms with van der Waals surface area (Å²) in [6.45, 7) is 2.57. The van der Waals surface area contributed by atoms with E-state index in [1.165, 1.54) is 11.3 Å². The van der Waals surface area contributed by atoms with E-state index in [4.69, 9.17) is 26.6 Å². The fourth-order valence-electron chi connectivity index (χ4n) is 2.92. The highest BCUT2D eigenvalue weighted by molar-refractivity contribution is 7.13. The van der Waals surface area contributed by atoms with Crippen LogP contribution < -0.4 is 4.74 Å². The maximum Gasteiger partial charge on any atom is 0.345 e. The number of Topliss-reactive ketones (excluding diaryl/α,β-unsaturated/α-hetero) is 1. The maximum absolute atomic E-state index is 11.1. The first-order chi connectivity index (χ1) is 13.4. The van der Waals surface area contributed by atoms with Gasteiger partial charge in [0.05, 0.1) is 13.2 Å². The van der Waals surface area contributed by atoms with Crippen LogP contribution >= 0.6 is 22.9 Å². The van der Waals surface area contributed by atoms with Crippen molar-refractivity contribution in [1.82, 2.24) is 0 Å². The molecule has 7 heteroatoms. The zero-order valence-electron chi connectivity index (χ0n) is 15.8. The second-order valence-corrected chi connectivity index (χ2v) is 8.34. The molecule has 0 saturated heterocycles. The number of hydrogen-bond acceptors (Lipinski definition) is 5. The minimum Gasteiger partial charge on any atom is -0.493 e. The van der Waals surface area contributed by atoms with E-state index in [1.54, 1.807) is 24.3 Å². The van der Waals surface area contributed by atoms with E-state index in [9.17, 15) is 9.59 Å². The van der Waals surface area contributed by atoms with Gasteiger partial charge in [0.1, 0.15) is 16.4 Å². The third-order valence-corrected chi connectivity index (χ3v) is 5.67. The summed E-state index contributed by atoms with van der Waals surface area (Å²) in [5.41, 5.74) is 0.731. The highest BCUT2D eigenvalue weighted by Crippen LogP contribution is 2.25. The van der Waals surface area contributed by atoms with Gasteiger partial charge in [0.2, 0.25) is 0 Å². The number of aryl methyl sites for hydroxylation is 1. The molecule has 0 amide bonds. The Balaban J connectivity index is 0.000000221. The first kappa shape index (κ1) is 22.4. The van der Waals surface area contributed by atoms with E-state index < -0.39 is 5.97 Å². The lowest BCUT2D eigenvalue weighted by molar-refractivity contribution is -0.117. The Hall–Kier alpha value is -1.89. The molecular formula is C21H25ClO5S. The number of carboxylic acid groups (broad SMARTS) is 1. The molecule has 1 atom stereocenters. The van der Waals surface area contributed by atoms with Crippen LogP contribution in [0.3, 0.4) is 0 Å². The van der Waals surface area contributed by atoms with E-state index in [1.807, 2.05) is 6.07 Å². The molecule has 152 valence electrons. The van der Waals surface area contributed by atoms with Crippen LogP contribution in [0.25, 0.3) is 0 Å². The highest BCUT2D eigenvalue weighted by Gasteiger charge is 2.22. The van der Waals surface area contributed by atoms with Crippen molar-refractivity contribution in [1.29, 1.82) is 0 Å². The third-order valence-electron chi connectivity index (χ3n) is 4.32. The first-order valence-corrected chi connectivity index (χ1v) is 10.5. The number of aliphatic hydroxyl groups excluding tert-OH is 1. The molecular weight excluding hydrogens is 400 g/mol. The van der Waals surface area contributed by atoms with Crippen molar-refractivity contribution in [2.75, 3.05) is 6.61 Å². The smallest absolute Gasteiger partial charge is 0.345 e. The number of ether oxygens (including phenoxy) is 1. The van der Waals surface area contributed by atoms with Crippen molar-refractivity contribution < 1.29 is 24.5 Å². The first-order valence-electron chi connectivity index (χ1n) is 9.28. The molecule has 1 aliphatic carbocycles. The Morgan fingerprint density at radius 3 is 2.68 bits per heavy atom. The van der Waals surface area contributed by atoms with Crippen molar-refractivity contribution >= 4 is 34.7 Å². The lowest BCUT2D eigenvalue weighted by Gasteiger charge is -2.11. The van der Waals surface area contributed by atoms with Crippen molar-refractivity contribution in [2.45, 2.75) is 45.6 Å². The number of carbonyl (C=O) groups excluding carboxylic acids is 1. The Morgan fingerprint density at radius 2 is 2.11 bits per heavy atom. The number of ketones is 1. The molecule has 1 aromatic heterocycles. The number of hydrogen-bond donors (Lipinski definition) is 2. The zero-order valence-corrected chi connectivity index (χ0v) is 17.4. The summed E-state index contributed by atoms with van der Waals surface area (Å²) in [5.74, 6) is 0.470. The monoisotopic (exact) mass is 424 g/mol. The fraction of sp³-hybridized carbons (Fsp3) is 0.429. The van der Waals surface area contributed by atoms with Gasteiger partial charge in [-0.3, -0.25) is 4.79 Å². The number of rotatable bonds is 7. The second kappa shape index (κ2) is 11.2. The summed E-state index contributed by atoms with van der Waals surface area (Å²) >= 11 is 7.27. The highest BCUT2D eigenvalue weighted by atomic mass is 35.5. The fourth-order valence-corrected chi connectivity index (χ4v) is 4.11. The largest absolute Gasteiger partial charge is 0.493 e. The molecule has 1 fully saturated rings. The van der Waals surface area contributed by atoms with E-state index >= 15 is 0 Å². The molecule has 0 bridgehead atoms. The minimum absolute atomic E-state index is 0.0567. The Labute approximate surface area is 173 Å². The minimum atomic E-state index is -0.822. The van der Waals surface area contributed by atoms with Crippen LogP contribution in [0.15, 0.2) is 30.3 Å². The molecule has 0 radical (unpaired) electrons. The van der Waals surface area contributed by atoms with Crippen molar-refractivity contribution in [3.63, 3.8) is 0 Å². The zero-order chi connectivity index (χ0) is 20.5. The molecule has 0 aliphatic heterocycles. The SMILES string of the molecule is CCCc1ccc(C(=O)O)s1.O=C1CCC(COc2cc(Cl)cc(CO)c2)C1. The van der Waals surface area contributed by atoms with Crippen molar-refractivity contribution in [2.24, 2.45) is 5.92 Å². The Morgan fingerprint density at radius 1 is 1.32 bits per heavy atom. The van der Waals surface area contributed by atoms with Gasteiger partial charge in [-0.2, -0.15) is 0 Å². The molecule has 28 heavy (non-hydrogen) atoms. The van der Waals surface area contributed by atoms with E-state index in [0.717, 1.165) is 29.7 Å². The lowest BCUT2D eigenvalue weighted by Crippen LogP contribution is -2.09. The molecule has 0 spiro atoms. The van der Waals surface area contributed by atoms with E-state index in [0.29, 0.717) is 46.8 Å². The van der Waals surface area contributed by atoms with Crippen LogP contribution in [-0.2, 0) is 17.8 Å². The van der Waals surface area contributed by atoms with Gasteiger partial charge in [0.25, 0.3) is 0 Å². The lowest BCUT2D eigenvalue weighted by atomic mass is 10.1. The summed E-state index contributed by atoms with van der Waals surface area (Å²) in [7, 11) is 0. The molecule has 5 nitrogen and oxygen atoms in total. The van der Waals surface area contributed by atoms with Crippen LogP contribution in [-0.4, -0.2) is 28.6 Å². The molecule has 2 aromatic rings. The number of halogens is 1. The van der Waals surface area contributed by atoms with Crippen LogP contribution in [0.1, 0.15) is 52.7 Å². The average Bonchev–Trinajstić information content (AvgIpc) is 3.29. The summed E-state index contributed by atoms with van der Waals surface area (Å²) in [5, 5.41) is 18.2. The maximum atomic E-state index is 11.1. The Kier molecular flexibility index (Phi) is 8.96. The molecule has 1 unspecified atom stereocenters. The predicted octanol–water partition coefficient (Wildman–Crippen LogP) is 4.98. The van der Waals surface area contributed by atoms with Gasteiger partial charge in [0, 0.05) is 28.7 Å². The standard InChI is InChI=1S/C13H15ClO3.C8H10O2S/c14-11-3-10(7-15)5-13(6-11)17-8-9-1-2-12(16)4-9;1-2-3-6-4-5-7(11-6)8(9)10/h3,5-6,9,15H,1-2,4,7-8H2;4-5H,2-3H2,1H3,(H,9,10). The third kappa shape index (κ3) is 7.26. The topological polar surface area (TPSA) is 83.8 Å². The number of carboxylic acids is 1.